The highest BCUT2D eigenvalue weighted by molar-refractivity contribution is 7.80. The van der Waals surface area contributed by atoms with Crippen LogP contribution in [0.1, 0.15) is 23.1 Å². The van der Waals surface area contributed by atoms with Crippen molar-refractivity contribution in [2.45, 2.75) is 26.8 Å². The Hall–Kier alpha value is -1.96. The molecule has 0 unspecified atom stereocenters. The summed E-state index contributed by atoms with van der Waals surface area (Å²) in [4.78, 5) is 20.2. The Balaban J connectivity index is 1.73. The van der Waals surface area contributed by atoms with Gasteiger partial charge in [-0.2, -0.15) is 0 Å². The van der Waals surface area contributed by atoms with Crippen molar-refractivity contribution >= 4 is 28.2 Å². The third-order valence-corrected chi connectivity index (χ3v) is 5.70. The summed E-state index contributed by atoms with van der Waals surface area (Å²) in [6, 6.07) is 6.20. The third kappa shape index (κ3) is 5.10. The molecule has 152 valence electrons. The topological polar surface area (TPSA) is 60.6 Å². The van der Waals surface area contributed by atoms with E-state index in [0.717, 1.165) is 67.8 Å². The van der Waals surface area contributed by atoms with Crippen LogP contribution in [0.4, 0.5) is 0 Å². The van der Waals surface area contributed by atoms with Crippen LogP contribution in [-0.2, 0) is 11.3 Å². The lowest BCUT2D eigenvalue weighted by molar-refractivity contribution is 0.0367. The van der Waals surface area contributed by atoms with Gasteiger partial charge in [-0.05, 0) is 55.6 Å². The van der Waals surface area contributed by atoms with Crippen LogP contribution in [0.3, 0.4) is 0 Å². The number of aromatic nitrogens is 1. The lowest BCUT2D eigenvalue weighted by Crippen LogP contribution is -2.41. The number of benzene rings is 1. The fourth-order valence-corrected chi connectivity index (χ4v) is 3.93. The molecule has 2 heterocycles. The van der Waals surface area contributed by atoms with Gasteiger partial charge >= 0.3 is 0 Å². The van der Waals surface area contributed by atoms with Crippen molar-refractivity contribution in [3.8, 4) is 0 Å². The van der Waals surface area contributed by atoms with Crippen LogP contribution < -0.4 is 10.9 Å². The maximum atomic E-state index is 12.7. The molecule has 0 bridgehead atoms. The molecule has 0 spiro atoms. The Bertz CT molecular complexity index is 890. The van der Waals surface area contributed by atoms with Gasteiger partial charge in [0.05, 0.1) is 25.3 Å². The van der Waals surface area contributed by atoms with Crippen LogP contribution in [-0.4, -0.2) is 66.3 Å². The van der Waals surface area contributed by atoms with Gasteiger partial charge in [-0.1, -0.05) is 11.6 Å². The molecular formula is C21H30N4O2S. The Kier molecular flexibility index (Phi) is 7.04. The molecule has 1 aliphatic heterocycles. The van der Waals surface area contributed by atoms with Gasteiger partial charge in [0, 0.05) is 38.8 Å². The normalized spacial score (nSPS) is 15.0. The molecule has 0 amide bonds. The van der Waals surface area contributed by atoms with Crippen molar-refractivity contribution in [3.63, 3.8) is 0 Å². The highest BCUT2D eigenvalue weighted by Gasteiger charge is 2.15. The monoisotopic (exact) mass is 402 g/mol. The number of nitrogens with zero attached hydrogens (tertiary/aromatic N) is 2. The van der Waals surface area contributed by atoms with Crippen LogP contribution in [0.25, 0.3) is 10.9 Å². The zero-order valence-electron chi connectivity index (χ0n) is 17.0. The fraction of sp³-hybridized carbons (Fsp3) is 0.524. The van der Waals surface area contributed by atoms with E-state index in [2.05, 4.69) is 39.2 Å². The van der Waals surface area contributed by atoms with E-state index in [1.165, 1.54) is 5.56 Å². The first-order chi connectivity index (χ1) is 13.5. The van der Waals surface area contributed by atoms with Crippen LogP contribution in [0.15, 0.2) is 23.0 Å². The smallest absolute Gasteiger partial charge is 0.253 e. The van der Waals surface area contributed by atoms with Gasteiger partial charge in [-0.3, -0.25) is 9.69 Å². The van der Waals surface area contributed by atoms with E-state index in [-0.39, 0.29) is 5.56 Å². The Morgan fingerprint density at radius 2 is 2.04 bits per heavy atom. The van der Waals surface area contributed by atoms with E-state index in [1.54, 1.807) is 0 Å². The molecule has 7 heteroatoms. The molecule has 1 aliphatic rings. The summed E-state index contributed by atoms with van der Waals surface area (Å²) < 4.78 is 5.41. The highest BCUT2D eigenvalue weighted by Crippen LogP contribution is 2.18. The summed E-state index contributed by atoms with van der Waals surface area (Å²) >= 11 is 5.50. The highest BCUT2D eigenvalue weighted by atomic mass is 32.1. The first-order valence-electron chi connectivity index (χ1n) is 9.88. The SMILES string of the molecule is CNC(=S)N(CCCN1CCOCC1)Cc1cc2cc(C)cc(C)c2[nH]c1=O. The van der Waals surface area contributed by atoms with Gasteiger partial charge in [-0.25, -0.2) is 0 Å². The van der Waals surface area contributed by atoms with E-state index in [0.29, 0.717) is 11.7 Å². The van der Waals surface area contributed by atoms with Crippen molar-refractivity contribution in [1.29, 1.82) is 0 Å². The van der Waals surface area contributed by atoms with Gasteiger partial charge in [0.2, 0.25) is 0 Å². The van der Waals surface area contributed by atoms with Gasteiger partial charge in [0.1, 0.15) is 0 Å². The molecule has 0 radical (unpaired) electrons. The van der Waals surface area contributed by atoms with Crippen molar-refractivity contribution < 1.29 is 4.74 Å². The predicted molar refractivity (Wildman–Crippen MR) is 118 cm³/mol. The molecule has 2 aromatic rings. The average Bonchev–Trinajstić information content (AvgIpc) is 2.68. The maximum absolute atomic E-state index is 12.7. The molecule has 28 heavy (non-hydrogen) atoms. The number of hydrogen-bond acceptors (Lipinski definition) is 4. The first kappa shape index (κ1) is 20.8. The quantitative estimate of drug-likeness (QED) is 0.723. The van der Waals surface area contributed by atoms with Crippen molar-refractivity contribution in [2.75, 3.05) is 46.4 Å². The predicted octanol–water partition coefficient (Wildman–Crippen LogP) is 2.17. The van der Waals surface area contributed by atoms with Crippen LogP contribution in [0.5, 0.6) is 0 Å². The third-order valence-electron chi connectivity index (χ3n) is 5.24. The number of ether oxygens (including phenoxy) is 1. The van der Waals surface area contributed by atoms with Gasteiger partial charge in [-0.15, -0.1) is 0 Å². The van der Waals surface area contributed by atoms with Crippen molar-refractivity contribution in [1.82, 2.24) is 20.1 Å². The number of fused-ring (bicyclic) bond motifs is 1. The molecule has 6 nitrogen and oxygen atoms in total. The summed E-state index contributed by atoms with van der Waals surface area (Å²) in [5.41, 5.74) is 3.88. The average molecular weight is 403 g/mol. The number of H-pyrrole nitrogens is 1. The Labute approximate surface area is 171 Å². The molecule has 0 atom stereocenters. The summed E-state index contributed by atoms with van der Waals surface area (Å²) in [5.74, 6) is 0. The van der Waals surface area contributed by atoms with Gasteiger partial charge < -0.3 is 19.9 Å². The lowest BCUT2D eigenvalue weighted by Gasteiger charge is -2.29. The number of hydrogen-bond donors (Lipinski definition) is 2. The molecule has 2 N–H and O–H groups in total. The summed E-state index contributed by atoms with van der Waals surface area (Å²) in [5, 5.41) is 4.79. The number of aryl methyl sites for hydroxylation is 2. The zero-order valence-corrected chi connectivity index (χ0v) is 17.8. The number of aromatic amines is 1. The van der Waals surface area contributed by atoms with E-state index in [9.17, 15) is 4.79 Å². The molecule has 3 rings (SSSR count). The van der Waals surface area contributed by atoms with Crippen molar-refractivity contribution in [2.24, 2.45) is 0 Å². The lowest BCUT2D eigenvalue weighted by atomic mass is 10.1. The number of nitrogens with one attached hydrogen (secondary N) is 2. The van der Waals surface area contributed by atoms with E-state index in [1.807, 2.05) is 20.0 Å². The second-order valence-corrected chi connectivity index (χ2v) is 7.84. The first-order valence-corrected chi connectivity index (χ1v) is 10.3. The van der Waals surface area contributed by atoms with E-state index >= 15 is 0 Å². The molecule has 1 saturated heterocycles. The standard InChI is InChI=1S/C21H30N4O2S/c1-15-11-16(2)19-17(12-15)13-18(20(26)23-19)14-25(21(28)22-3)6-4-5-24-7-9-27-10-8-24/h11-13H,4-10,14H2,1-3H3,(H,22,28)(H,23,26). The Morgan fingerprint density at radius 1 is 1.29 bits per heavy atom. The minimum absolute atomic E-state index is 0.0449. The van der Waals surface area contributed by atoms with Gasteiger partial charge in [0.25, 0.3) is 5.56 Å². The molecule has 1 fully saturated rings. The molecule has 0 aliphatic carbocycles. The minimum Gasteiger partial charge on any atom is -0.379 e. The second kappa shape index (κ2) is 9.49. The largest absolute Gasteiger partial charge is 0.379 e. The van der Waals surface area contributed by atoms with Crippen LogP contribution in [0, 0.1) is 13.8 Å². The summed E-state index contributed by atoms with van der Waals surface area (Å²) in [7, 11) is 1.83. The molecular weight excluding hydrogens is 372 g/mol. The number of morpholine rings is 1. The van der Waals surface area contributed by atoms with Crippen LogP contribution in [0.2, 0.25) is 0 Å². The molecule has 1 aromatic heterocycles. The van der Waals surface area contributed by atoms with E-state index in [4.69, 9.17) is 17.0 Å². The molecule has 0 saturated carbocycles. The van der Waals surface area contributed by atoms with Gasteiger partial charge in [0.15, 0.2) is 5.11 Å². The maximum Gasteiger partial charge on any atom is 0.253 e. The second-order valence-electron chi connectivity index (χ2n) is 7.45. The zero-order chi connectivity index (χ0) is 20.1. The summed E-state index contributed by atoms with van der Waals surface area (Å²) in [6.07, 6.45) is 0.992. The number of thiocarbonyl (C=S) groups is 1. The van der Waals surface area contributed by atoms with Crippen LogP contribution >= 0.6 is 12.2 Å². The molecule has 1 aromatic carbocycles. The van der Waals surface area contributed by atoms with E-state index < -0.39 is 0 Å². The fourth-order valence-electron chi connectivity index (χ4n) is 3.78. The van der Waals surface area contributed by atoms with Crippen molar-refractivity contribution in [3.05, 3.63) is 45.2 Å². The summed E-state index contributed by atoms with van der Waals surface area (Å²) in [6.45, 7) is 10.0. The number of rotatable bonds is 6. The Morgan fingerprint density at radius 3 is 2.75 bits per heavy atom. The minimum atomic E-state index is -0.0449. The number of pyridine rings is 1.